The van der Waals surface area contributed by atoms with Crippen molar-refractivity contribution in [1.82, 2.24) is 25.4 Å². The van der Waals surface area contributed by atoms with Crippen LogP contribution >= 0.6 is 11.3 Å². The Morgan fingerprint density at radius 1 is 1.15 bits per heavy atom. The van der Waals surface area contributed by atoms with Gasteiger partial charge in [0.2, 0.25) is 11.8 Å². The molecule has 194 valence electrons. The van der Waals surface area contributed by atoms with E-state index in [0.717, 1.165) is 17.7 Å². The third kappa shape index (κ3) is 7.17. The fourth-order valence-corrected chi connectivity index (χ4v) is 4.46. The molecule has 0 unspecified atom stereocenters. The van der Waals surface area contributed by atoms with E-state index in [1.807, 2.05) is 6.07 Å². The van der Waals surface area contributed by atoms with Crippen LogP contribution in [-0.4, -0.2) is 87.8 Å². The summed E-state index contributed by atoms with van der Waals surface area (Å²) in [6.45, 7) is 0. The van der Waals surface area contributed by atoms with Gasteiger partial charge in [-0.1, -0.05) is 11.3 Å². The van der Waals surface area contributed by atoms with E-state index >= 15 is 0 Å². The Bertz CT molecular complexity index is 1410. The minimum Gasteiger partial charge on any atom is -0.494 e. The van der Waals surface area contributed by atoms with Gasteiger partial charge in [-0.2, -0.15) is 0 Å². The van der Waals surface area contributed by atoms with Crippen LogP contribution in [0.4, 0.5) is 17.2 Å². The first-order valence-electron chi connectivity index (χ1n) is 11.9. The van der Waals surface area contributed by atoms with Crippen LogP contribution in [0.2, 0.25) is 0 Å². The number of aromatic nitrogens is 3. The minimum absolute atomic E-state index is 0.0374. The van der Waals surface area contributed by atoms with Gasteiger partial charge in [-0.05, 0) is 25.0 Å². The van der Waals surface area contributed by atoms with Gasteiger partial charge in [0.25, 0.3) is 5.91 Å². The lowest BCUT2D eigenvalue weighted by Gasteiger charge is -2.23. The lowest BCUT2D eigenvalue weighted by atomic mass is 9.49. The molecule has 2 heterocycles. The van der Waals surface area contributed by atoms with Crippen LogP contribution in [0, 0.1) is 5.92 Å². The number of thiazole rings is 1. The zero-order valence-corrected chi connectivity index (χ0v) is 22.5. The number of rotatable bonds is 10. The molecule has 0 bridgehead atoms. The van der Waals surface area contributed by atoms with Gasteiger partial charge in [-0.15, -0.1) is 21.5 Å². The topological polar surface area (TPSA) is 138 Å². The Labute approximate surface area is 233 Å². The van der Waals surface area contributed by atoms with Gasteiger partial charge in [-0.3, -0.25) is 14.4 Å². The Balaban J connectivity index is 1.68. The summed E-state index contributed by atoms with van der Waals surface area (Å²) in [6, 6.07) is 6.80. The van der Waals surface area contributed by atoms with Gasteiger partial charge >= 0.3 is 0 Å². The van der Waals surface area contributed by atoms with E-state index in [1.54, 1.807) is 32.4 Å². The Morgan fingerprint density at radius 3 is 2.54 bits per heavy atom. The van der Waals surface area contributed by atoms with E-state index in [-0.39, 0.29) is 41.4 Å². The molecule has 3 N–H and O–H groups in total. The van der Waals surface area contributed by atoms with Crippen LogP contribution < -0.4 is 20.7 Å². The lowest BCUT2D eigenvalue weighted by molar-refractivity contribution is -0.127. The maximum Gasteiger partial charge on any atom is 0.272 e. The third-order valence-corrected chi connectivity index (χ3v) is 6.67. The molecule has 1 aliphatic rings. The molecule has 39 heavy (non-hydrogen) atoms. The summed E-state index contributed by atoms with van der Waals surface area (Å²) in [5, 5.41) is 14.7. The molecule has 15 heteroatoms. The molecule has 1 aromatic carbocycles. The lowest BCUT2D eigenvalue weighted by Crippen LogP contribution is -2.50. The number of nitrogens with one attached hydrogen (secondary N) is 3. The van der Waals surface area contributed by atoms with Crippen LogP contribution in [0.1, 0.15) is 28.2 Å². The predicted molar refractivity (Wildman–Crippen MR) is 151 cm³/mol. The van der Waals surface area contributed by atoms with Crippen LogP contribution in [0.25, 0.3) is 10.6 Å². The van der Waals surface area contributed by atoms with Gasteiger partial charge < -0.3 is 25.6 Å². The van der Waals surface area contributed by atoms with Crippen LogP contribution in [0.3, 0.4) is 0 Å². The second kappa shape index (κ2) is 11.5. The van der Waals surface area contributed by atoms with Crippen molar-refractivity contribution in [2.75, 3.05) is 31.8 Å². The van der Waals surface area contributed by atoms with E-state index in [2.05, 4.69) is 31.1 Å². The van der Waals surface area contributed by atoms with Crippen molar-refractivity contribution in [3.63, 3.8) is 0 Å². The monoisotopic (exact) mass is 539 g/mol. The molecule has 1 fully saturated rings. The predicted octanol–water partition coefficient (Wildman–Crippen LogP) is 1.18. The zero-order valence-electron chi connectivity index (χ0n) is 21.6. The minimum atomic E-state index is -2.00. The maximum absolute atomic E-state index is 12.9. The summed E-state index contributed by atoms with van der Waals surface area (Å²) in [7, 11) is 21.5. The summed E-state index contributed by atoms with van der Waals surface area (Å²) < 4.78 is 5.71. The molecule has 11 nitrogen and oxygen atoms in total. The first-order chi connectivity index (χ1) is 18.4. The van der Waals surface area contributed by atoms with Crippen LogP contribution in [-0.2, 0) is 16.0 Å². The van der Waals surface area contributed by atoms with Crippen molar-refractivity contribution in [3.8, 4) is 16.3 Å². The summed E-state index contributed by atoms with van der Waals surface area (Å²) in [5.41, 5.74) is 1.15. The fourth-order valence-electron chi connectivity index (χ4n) is 3.54. The highest BCUT2D eigenvalue weighted by molar-refractivity contribution is 7.15. The molecule has 6 radical (unpaired) electrons. The van der Waals surface area contributed by atoms with Gasteiger partial charge in [0.05, 0.1) is 54.0 Å². The van der Waals surface area contributed by atoms with Crippen molar-refractivity contribution in [2.24, 2.45) is 5.92 Å². The molecule has 0 aliphatic heterocycles. The van der Waals surface area contributed by atoms with Crippen molar-refractivity contribution in [1.29, 1.82) is 0 Å². The highest BCUT2D eigenvalue weighted by Crippen LogP contribution is 2.40. The number of methoxy groups -OCH3 is 1. The van der Waals surface area contributed by atoms with E-state index in [0.29, 0.717) is 22.0 Å². The second-order valence-electron chi connectivity index (χ2n) is 9.25. The quantitative estimate of drug-likeness (QED) is 0.327. The van der Waals surface area contributed by atoms with Gasteiger partial charge in [0.1, 0.15) is 5.01 Å². The smallest absolute Gasteiger partial charge is 0.272 e. The average Bonchev–Trinajstić information content (AvgIpc) is 3.62. The summed E-state index contributed by atoms with van der Waals surface area (Å²) >= 11 is 1.37. The Hall–Kier alpha value is -3.87. The normalized spacial score (nSPS) is 12.9. The number of amides is 3. The van der Waals surface area contributed by atoms with Crippen molar-refractivity contribution in [3.05, 3.63) is 41.0 Å². The number of hydrogen-bond acceptors (Lipinski definition) is 9. The molecule has 4 rings (SSSR count). The maximum atomic E-state index is 12.9. The molecule has 1 aliphatic carbocycles. The SMILES string of the molecule is [B]C([B])([B])NC(=O)c1nnc(NC(=O)C2CC2)cc1Nc1cccc(-c2ncc(CC(=O)N(C)C)s2)c1OC. The number of para-hydroxylation sites is 1. The molecule has 3 aromatic rings. The molecular weight excluding hydrogens is 515 g/mol. The Kier molecular flexibility index (Phi) is 8.29. The fraction of sp³-hybridized carbons (Fsp3) is 0.333. The molecule has 2 aromatic heterocycles. The van der Waals surface area contributed by atoms with Crippen LogP contribution in [0.15, 0.2) is 30.5 Å². The first kappa shape index (κ1) is 28.2. The van der Waals surface area contributed by atoms with Crippen molar-refractivity contribution >= 4 is 69.8 Å². The average molecular weight is 539 g/mol. The van der Waals surface area contributed by atoms with Gasteiger partial charge in [0.15, 0.2) is 17.3 Å². The van der Waals surface area contributed by atoms with E-state index in [4.69, 9.17) is 28.3 Å². The largest absolute Gasteiger partial charge is 0.494 e. The molecule has 0 saturated heterocycles. The summed E-state index contributed by atoms with van der Waals surface area (Å²) in [6.07, 6.45) is 3.50. The number of nitrogens with zero attached hydrogens (tertiary/aromatic N) is 4. The molecule has 3 amide bonds. The molecule has 0 atom stereocenters. The van der Waals surface area contributed by atoms with E-state index < -0.39 is 11.1 Å². The number of benzene rings is 1. The van der Waals surface area contributed by atoms with Crippen molar-refractivity contribution < 1.29 is 19.1 Å². The summed E-state index contributed by atoms with van der Waals surface area (Å²) in [5.74, 6) is -0.492. The number of carbonyl (C=O) groups is 3. The van der Waals surface area contributed by atoms with Crippen molar-refractivity contribution in [2.45, 2.75) is 24.5 Å². The van der Waals surface area contributed by atoms with Gasteiger partial charge in [-0.25, -0.2) is 4.98 Å². The number of hydrogen-bond donors (Lipinski definition) is 3. The standard InChI is InChI=1S/C24H24B3N7O4S/c1-34(2)18(35)9-13-11-28-23(39-13)14-5-4-6-15(20(14)38-3)29-16-10-17(30-21(36)12-7-8-12)32-33-19(16)22(37)31-24(25,26)27/h4-6,10-12H,7-9H2,1-3H3,(H,31,37)(H2,29,30,32,36). The molecular formula is C24H24B3N7O4S. The van der Waals surface area contributed by atoms with E-state index in [1.165, 1.54) is 29.4 Å². The third-order valence-electron chi connectivity index (χ3n) is 5.64. The second-order valence-corrected chi connectivity index (χ2v) is 10.4. The number of anilines is 3. The summed E-state index contributed by atoms with van der Waals surface area (Å²) in [4.78, 5) is 44.1. The zero-order chi connectivity index (χ0) is 28.3. The molecule has 0 spiro atoms. The van der Waals surface area contributed by atoms with Gasteiger partial charge in [0, 0.05) is 37.2 Å². The highest BCUT2D eigenvalue weighted by Gasteiger charge is 2.30. The highest BCUT2D eigenvalue weighted by atomic mass is 32.1. The van der Waals surface area contributed by atoms with E-state index in [9.17, 15) is 14.4 Å². The Morgan fingerprint density at radius 2 is 1.90 bits per heavy atom. The number of likely N-dealkylation sites (N-methyl/N-ethyl adjacent to an activating group) is 1. The van der Waals surface area contributed by atoms with Crippen LogP contribution in [0.5, 0.6) is 5.75 Å². The number of carbonyl (C=O) groups excluding carboxylic acids is 3. The molecule has 1 saturated carbocycles. The number of ether oxygens (including phenoxy) is 1. The first-order valence-corrected chi connectivity index (χ1v) is 12.7.